The molecule has 0 atom stereocenters. The highest BCUT2D eigenvalue weighted by Gasteiger charge is 2.18. The maximum atomic E-state index is 12.5. The van der Waals surface area contributed by atoms with Crippen molar-refractivity contribution in [3.8, 4) is 0 Å². The molecule has 0 saturated heterocycles. The zero-order valence-corrected chi connectivity index (χ0v) is 13.5. The normalized spacial score (nSPS) is 11.2. The average molecular weight is 318 g/mol. The van der Waals surface area contributed by atoms with Gasteiger partial charge in [0.05, 0.1) is 10.6 Å². The molecule has 0 radical (unpaired) electrons. The first-order valence-corrected chi connectivity index (χ1v) is 8.19. The fraction of sp³-hybridized carbons (Fsp3) is 0.188. The number of amides is 1. The standard InChI is InChI=1S/C16H18N2O3S/c1-10-4-5-12(3)15(8-10)18-22(20,21)13-7-6-11(2)14(9-13)16(17)19/h4-9,18H,1-3H3,(H2,17,19). The molecule has 6 heteroatoms. The maximum Gasteiger partial charge on any atom is 0.261 e. The molecule has 0 bridgehead atoms. The molecule has 22 heavy (non-hydrogen) atoms. The third-order valence-corrected chi connectivity index (χ3v) is 4.79. The molecule has 0 fully saturated rings. The van der Waals surface area contributed by atoms with E-state index in [9.17, 15) is 13.2 Å². The van der Waals surface area contributed by atoms with Crippen molar-refractivity contribution in [1.82, 2.24) is 0 Å². The molecular formula is C16H18N2O3S. The van der Waals surface area contributed by atoms with Gasteiger partial charge in [-0.25, -0.2) is 8.42 Å². The third kappa shape index (κ3) is 3.28. The van der Waals surface area contributed by atoms with Crippen LogP contribution in [0.25, 0.3) is 0 Å². The van der Waals surface area contributed by atoms with E-state index in [0.29, 0.717) is 11.3 Å². The molecule has 0 heterocycles. The van der Waals surface area contributed by atoms with Crippen LogP contribution in [0.4, 0.5) is 5.69 Å². The first kappa shape index (κ1) is 16.0. The predicted molar refractivity (Wildman–Crippen MR) is 86.4 cm³/mol. The summed E-state index contributed by atoms with van der Waals surface area (Å²) in [6.45, 7) is 5.41. The van der Waals surface area contributed by atoms with Gasteiger partial charge < -0.3 is 5.73 Å². The first-order valence-electron chi connectivity index (χ1n) is 6.71. The Morgan fingerprint density at radius 2 is 1.64 bits per heavy atom. The average Bonchev–Trinajstić information content (AvgIpc) is 2.42. The van der Waals surface area contributed by atoms with Crippen LogP contribution in [0.1, 0.15) is 27.0 Å². The lowest BCUT2D eigenvalue weighted by Crippen LogP contribution is -2.17. The number of hydrogen-bond acceptors (Lipinski definition) is 3. The minimum Gasteiger partial charge on any atom is -0.366 e. The molecule has 0 aliphatic carbocycles. The smallest absolute Gasteiger partial charge is 0.261 e. The number of nitrogens with one attached hydrogen (secondary N) is 1. The quantitative estimate of drug-likeness (QED) is 0.907. The van der Waals surface area contributed by atoms with Crippen LogP contribution < -0.4 is 10.5 Å². The Bertz CT molecular complexity index is 842. The summed E-state index contributed by atoms with van der Waals surface area (Å²) in [5.74, 6) is -0.652. The van der Waals surface area contributed by atoms with Crippen LogP contribution in [-0.4, -0.2) is 14.3 Å². The van der Waals surface area contributed by atoms with Gasteiger partial charge in [0.15, 0.2) is 0 Å². The largest absolute Gasteiger partial charge is 0.366 e. The molecule has 2 rings (SSSR count). The summed E-state index contributed by atoms with van der Waals surface area (Å²) < 4.78 is 27.5. The molecule has 1 amide bonds. The summed E-state index contributed by atoms with van der Waals surface area (Å²) in [4.78, 5) is 11.4. The Labute approximate surface area is 130 Å². The van der Waals surface area contributed by atoms with E-state index in [1.807, 2.05) is 26.0 Å². The van der Waals surface area contributed by atoms with E-state index < -0.39 is 15.9 Å². The van der Waals surface area contributed by atoms with Gasteiger partial charge in [0.2, 0.25) is 5.91 Å². The molecule has 0 unspecified atom stereocenters. The van der Waals surface area contributed by atoms with Gasteiger partial charge >= 0.3 is 0 Å². The monoisotopic (exact) mass is 318 g/mol. The highest BCUT2D eigenvalue weighted by Crippen LogP contribution is 2.22. The molecule has 0 aromatic heterocycles. The SMILES string of the molecule is Cc1ccc(C)c(NS(=O)(=O)c2ccc(C)c(C(N)=O)c2)c1. The van der Waals surface area contributed by atoms with Crippen molar-refractivity contribution >= 4 is 21.6 Å². The van der Waals surface area contributed by atoms with Crippen molar-refractivity contribution in [1.29, 1.82) is 0 Å². The predicted octanol–water partition coefficient (Wildman–Crippen LogP) is 2.51. The number of primary amides is 1. The fourth-order valence-electron chi connectivity index (χ4n) is 2.08. The van der Waals surface area contributed by atoms with Gasteiger partial charge in [-0.3, -0.25) is 9.52 Å². The third-order valence-electron chi connectivity index (χ3n) is 3.42. The minimum atomic E-state index is -3.78. The van der Waals surface area contributed by atoms with Gasteiger partial charge in [0.25, 0.3) is 10.0 Å². The summed E-state index contributed by atoms with van der Waals surface area (Å²) >= 11 is 0. The van der Waals surface area contributed by atoms with E-state index >= 15 is 0 Å². The Hall–Kier alpha value is -2.34. The number of benzene rings is 2. The first-order chi connectivity index (χ1) is 10.2. The van der Waals surface area contributed by atoms with Gasteiger partial charge in [-0.1, -0.05) is 18.2 Å². The second-order valence-corrected chi connectivity index (χ2v) is 6.95. The molecule has 5 nitrogen and oxygen atoms in total. The highest BCUT2D eigenvalue weighted by atomic mass is 32.2. The lowest BCUT2D eigenvalue weighted by Gasteiger charge is -2.12. The number of hydrogen-bond donors (Lipinski definition) is 2. The van der Waals surface area contributed by atoms with Crippen LogP contribution in [0, 0.1) is 20.8 Å². The van der Waals surface area contributed by atoms with Crippen LogP contribution in [-0.2, 0) is 10.0 Å². The van der Waals surface area contributed by atoms with Crippen LogP contribution in [0.5, 0.6) is 0 Å². The second kappa shape index (κ2) is 5.81. The molecule has 0 spiro atoms. The summed E-state index contributed by atoms with van der Waals surface area (Å²) in [5, 5.41) is 0. The molecule has 2 aromatic carbocycles. The van der Waals surface area contributed by atoms with Gasteiger partial charge in [0.1, 0.15) is 0 Å². The van der Waals surface area contributed by atoms with E-state index in [1.165, 1.54) is 12.1 Å². The highest BCUT2D eigenvalue weighted by molar-refractivity contribution is 7.92. The lowest BCUT2D eigenvalue weighted by molar-refractivity contribution is 0.0999. The number of aryl methyl sites for hydroxylation is 3. The number of carbonyl (C=O) groups excluding carboxylic acids is 1. The summed E-state index contributed by atoms with van der Waals surface area (Å²) in [7, 11) is -3.78. The van der Waals surface area contributed by atoms with E-state index in [1.54, 1.807) is 19.1 Å². The molecule has 0 saturated carbocycles. The topological polar surface area (TPSA) is 89.3 Å². The van der Waals surface area contributed by atoms with Gasteiger partial charge in [-0.05, 0) is 55.7 Å². The summed E-state index contributed by atoms with van der Waals surface area (Å²) in [6, 6.07) is 9.83. The van der Waals surface area contributed by atoms with Crippen molar-refractivity contribution in [3.63, 3.8) is 0 Å². The zero-order chi connectivity index (χ0) is 16.5. The molecule has 0 aliphatic rings. The Morgan fingerprint density at radius 3 is 2.27 bits per heavy atom. The molecule has 2 aromatic rings. The number of sulfonamides is 1. The van der Waals surface area contributed by atoms with E-state index in [-0.39, 0.29) is 10.5 Å². The number of rotatable bonds is 4. The molecule has 3 N–H and O–H groups in total. The molecule has 0 aliphatic heterocycles. The van der Waals surface area contributed by atoms with Crippen LogP contribution in [0.3, 0.4) is 0 Å². The van der Waals surface area contributed by atoms with Crippen LogP contribution in [0.2, 0.25) is 0 Å². The minimum absolute atomic E-state index is 0.00723. The van der Waals surface area contributed by atoms with Gasteiger partial charge in [-0.2, -0.15) is 0 Å². The van der Waals surface area contributed by atoms with Crippen molar-refractivity contribution in [2.45, 2.75) is 25.7 Å². The fourth-order valence-corrected chi connectivity index (χ4v) is 3.23. The zero-order valence-electron chi connectivity index (χ0n) is 12.7. The number of anilines is 1. The van der Waals surface area contributed by atoms with Gasteiger partial charge in [-0.15, -0.1) is 0 Å². The van der Waals surface area contributed by atoms with Crippen LogP contribution >= 0.6 is 0 Å². The van der Waals surface area contributed by atoms with Crippen molar-refractivity contribution in [2.24, 2.45) is 5.73 Å². The van der Waals surface area contributed by atoms with Gasteiger partial charge in [0, 0.05) is 5.56 Å². The van der Waals surface area contributed by atoms with E-state index in [0.717, 1.165) is 11.1 Å². The van der Waals surface area contributed by atoms with Crippen LogP contribution in [0.15, 0.2) is 41.3 Å². The maximum absolute atomic E-state index is 12.5. The molecular weight excluding hydrogens is 300 g/mol. The lowest BCUT2D eigenvalue weighted by atomic mass is 10.1. The van der Waals surface area contributed by atoms with Crippen molar-refractivity contribution in [2.75, 3.05) is 4.72 Å². The molecule has 116 valence electrons. The number of carbonyl (C=O) groups is 1. The Kier molecular flexibility index (Phi) is 4.23. The van der Waals surface area contributed by atoms with E-state index in [4.69, 9.17) is 5.73 Å². The van der Waals surface area contributed by atoms with E-state index in [2.05, 4.69) is 4.72 Å². The second-order valence-electron chi connectivity index (χ2n) is 5.26. The van der Waals surface area contributed by atoms with Crippen molar-refractivity contribution in [3.05, 3.63) is 58.7 Å². The Balaban J connectivity index is 2.45. The summed E-state index contributed by atoms with van der Waals surface area (Å²) in [5.41, 5.74) is 8.38. The number of nitrogens with two attached hydrogens (primary N) is 1. The summed E-state index contributed by atoms with van der Waals surface area (Å²) in [6.07, 6.45) is 0. The Morgan fingerprint density at radius 1 is 1.00 bits per heavy atom. The van der Waals surface area contributed by atoms with Crippen molar-refractivity contribution < 1.29 is 13.2 Å².